The van der Waals surface area contributed by atoms with Gasteiger partial charge in [0.2, 0.25) is 0 Å². The summed E-state index contributed by atoms with van der Waals surface area (Å²) in [6, 6.07) is 16.8. The first-order chi connectivity index (χ1) is 13.1. The first-order valence-electron chi connectivity index (χ1n) is 8.04. The van der Waals surface area contributed by atoms with Gasteiger partial charge in [-0.25, -0.2) is 0 Å². The predicted octanol–water partition coefficient (Wildman–Crippen LogP) is 4.25. The van der Waals surface area contributed by atoms with E-state index in [0.717, 1.165) is 0 Å². The predicted molar refractivity (Wildman–Crippen MR) is 105 cm³/mol. The van der Waals surface area contributed by atoms with Crippen molar-refractivity contribution in [2.75, 3.05) is 17.7 Å². The van der Waals surface area contributed by atoms with E-state index in [-0.39, 0.29) is 11.6 Å². The fourth-order valence-corrected chi connectivity index (χ4v) is 2.59. The molecule has 0 unspecified atom stereocenters. The second-order valence-corrected chi connectivity index (χ2v) is 5.99. The van der Waals surface area contributed by atoms with Gasteiger partial charge >= 0.3 is 0 Å². The topological polar surface area (TPSA) is 80.3 Å². The van der Waals surface area contributed by atoms with E-state index in [0.29, 0.717) is 27.7 Å². The number of halogens is 1. The Bertz CT molecular complexity index is 991. The standard InChI is InChI=1S/C20H16ClN3O3/c1-27-18-8-3-2-7-16(18)24-20(26)17-11-13(9-10-22-17)19(25)23-15-6-4-5-14(21)12-15/h2-12H,1H3,(H,23,25)(H,24,26). The zero-order valence-corrected chi connectivity index (χ0v) is 15.2. The molecule has 0 fully saturated rings. The van der Waals surface area contributed by atoms with Crippen LogP contribution in [-0.2, 0) is 0 Å². The molecule has 0 saturated carbocycles. The van der Waals surface area contributed by atoms with E-state index in [9.17, 15) is 9.59 Å². The van der Waals surface area contributed by atoms with Crippen molar-refractivity contribution < 1.29 is 14.3 Å². The van der Waals surface area contributed by atoms with Gasteiger partial charge < -0.3 is 15.4 Å². The van der Waals surface area contributed by atoms with Gasteiger partial charge in [0.25, 0.3) is 11.8 Å². The molecule has 0 bridgehead atoms. The minimum absolute atomic E-state index is 0.111. The molecule has 7 heteroatoms. The summed E-state index contributed by atoms with van der Waals surface area (Å²) in [7, 11) is 1.52. The lowest BCUT2D eigenvalue weighted by atomic mass is 10.2. The number of para-hydroxylation sites is 2. The van der Waals surface area contributed by atoms with Gasteiger partial charge in [-0.1, -0.05) is 29.8 Å². The monoisotopic (exact) mass is 381 g/mol. The molecule has 0 spiro atoms. The Balaban J connectivity index is 1.76. The van der Waals surface area contributed by atoms with Gasteiger partial charge in [-0.05, 0) is 42.5 Å². The maximum atomic E-state index is 12.5. The molecule has 0 aliphatic rings. The molecule has 0 saturated heterocycles. The number of carbonyl (C=O) groups excluding carboxylic acids is 2. The first kappa shape index (κ1) is 18.4. The summed E-state index contributed by atoms with van der Waals surface area (Å²) >= 11 is 5.92. The molecule has 0 radical (unpaired) electrons. The minimum Gasteiger partial charge on any atom is -0.495 e. The average Bonchev–Trinajstić information content (AvgIpc) is 2.68. The number of nitrogens with zero attached hydrogens (tertiary/aromatic N) is 1. The lowest BCUT2D eigenvalue weighted by Gasteiger charge is -2.10. The van der Waals surface area contributed by atoms with E-state index in [4.69, 9.17) is 16.3 Å². The second-order valence-electron chi connectivity index (χ2n) is 5.55. The maximum Gasteiger partial charge on any atom is 0.274 e. The summed E-state index contributed by atoms with van der Waals surface area (Å²) in [6.07, 6.45) is 1.41. The molecule has 1 aromatic heterocycles. The molecule has 0 aliphatic carbocycles. The fraction of sp³-hybridized carbons (Fsp3) is 0.0500. The van der Waals surface area contributed by atoms with Crippen molar-refractivity contribution in [1.29, 1.82) is 0 Å². The van der Waals surface area contributed by atoms with Crippen LogP contribution >= 0.6 is 11.6 Å². The normalized spacial score (nSPS) is 10.1. The molecule has 2 N–H and O–H groups in total. The smallest absolute Gasteiger partial charge is 0.274 e. The highest BCUT2D eigenvalue weighted by Gasteiger charge is 2.14. The van der Waals surface area contributed by atoms with E-state index in [1.165, 1.54) is 25.4 Å². The van der Waals surface area contributed by atoms with Gasteiger partial charge in [0.05, 0.1) is 12.8 Å². The van der Waals surface area contributed by atoms with Crippen LogP contribution < -0.4 is 15.4 Å². The van der Waals surface area contributed by atoms with Gasteiger partial charge in [0.1, 0.15) is 11.4 Å². The lowest BCUT2D eigenvalue weighted by Crippen LogP contribution is -2.17. The zero-order chi connectivity index (χ0) is 19.2. The van der Waals surface area contributed by atoms with Crippen molar-refractivity contribution in [3.05, 3.63) is 83.1 Å². The third-order valence-electron chi connectivity index (χ3n) is 3.69. The zero-order valence-electron chi connectivity index (χ0n) is 14.4. The number of anilines is 2. The quantitative estimate of drug-likeness (QED) is 0.692. The highest BCUT2D eigenvalue weighted by Crippen LogP contribution is 2.23. The number of benzene rings is 2. The van der Waals surface area contributed by atoms with Crippen LogP contribution in [0.5, 0.6) is 5.75 Å². The maximum absolute atomic E-state index is 12.5. The number of amides is 2. The van der Waals surface area contributed by atoms with Crippen LogP contribution in [0.15, 0.2) is 66.9 Å². The number of rotatable bonds is 5. The largest absolute Gasteiger partial charge is 0.495 e. The number of pyridine rings is 1. The summed E-state index contributed by atoms with van der Waals surface area (Å²) < 4.78 is 5.21. The van der Waals surface area contributed by atoms with Crippen LogP contribution in [0.2, 0.25) is 5.02 Å². The van der Waals surface area contributed by atoms with Gasteiger partial charge in [-0.15, -0.1) is 0 Å². The van der Waals surface area contributed by atoms with Gasteiger partial charge in [0.15, 0.2) is 0 Å². The average molecular weight is 382 g/mol. The Kier molecular flexibility index (Phi) is 5.68. The van der Waals surface area contributed by atoms with Gasteiger partial charge in [0, 0.05) is 22.5 Å². The van der Waals surface area contributed by atoms with Crippen molar-refractivity contribution in [2.45, 2.75) is 0 Å². The number of carbonyl (C=O) groups is 2. The Morgan fingerprint density at radius 1 is 0.963 bits per heavy atom. The van der Waals surface area contributed by atoms with Crippen LogP contribution in [0.1, 0.15) is 20.8 Å². The lowest BCUT2D eigenvalue weighted by molar-refractivity contribution is 0.102. The van der Waals surface area contributed by atoms with E-state index in [1.54, 1.807) is 48.5 Å². The highest BCUT2D eigenvalue weighted by molar-refractivity contribution is 6.31. The van der Waals surface area contributed by atoms with Crippen LogP contribution in [-0.4, -0.2) is 23.9 Å². The summed E-state index contributed by atoms with van der Waals surface area (Å²) in [5.74, 6) is -0.288. The third-order valence-corrected chi connectivity index (χ3v) is 3.93. The number of hydrogen-bond donors (Lipinski definition) is 2. The van der Waals surface area contributed by atoms with Crippen LogP contribution in [0, 0.1) is 0 Å². The molecule has 27 heavy (non-hydrogen) atoms. The molecule has 2 aromatic carbocycles. The molecular formula is C20H16ClN3O3. The molecule has 136 valence electrons. The molecule has 0 atom stereocenters. The van der Waals surface area contributed by atoms with Gasteiger partial charge in [-0.2, -0.15) is 0 Å². The Labute approximate surface area is 161 Å². The van der Waals surface area contributed by atoms with Crippen molar-refractivity contribution >= 4 is 34.8 Å². The molecule has 2 amide bonds. The molecule has 3 rings (SSSR count). The molecule has 6 nitrogen and oxygen atoms in total. The molecule has 1 heterocycles. The van der Waals surface area contributed by atoms with Crippen molar-refractivity contribution in [2.24, 2.45) is 0 Å². The Hall–Kier alpha value is -3.38. The Morgan fingerprint density at radius 3 is 2.56 bits per heavy atom. The van der Waals surface area contributed by atoms with E-state index >= 15 is 0 Å². The van der Waals surface area contributed by atoms with Crippen molar-refractivity contribution in [3.8, 4) is 5.75 Å². The summed E-state index contributed by atoms with van der Waals surface area (Å²) in [6.45, 7) is 0. The Morgan fingerprint density at radius 2 is 1.78 bits per heavy atom. The number of hydrogen-bond acceptors (Lipinski definition) is 4. The number of methoxy groups -OCH3 is 1. The number of aromatic nitrogens is 1. The summed E-state index contributed by atoms with van der Waals surface area (Å²) in [5, 5.41) is 5.97. The first-order valence-corrected chi connectivity index (χ1v) is 8.42. The second kappa shape index (κ2) is 8.33. The molecular weight excluding hydrogens is 366 g/mol. The highest BCUT2D eigenvalue weighted by atomic mass is 35.5. The van der Waals surface area contributed by atoms with E-state index in [2.05, 4.69) is 15.6 Å². The minimum atomic E-state index is -0.447. The third kappa shape index (κ3) is 4.62. The van der Waals surface area contributed by atoms with Gasteiger partial charge in [-0.3, -0.25) is 14.6 Å². The van der Waals surface area contributed by atoms with Crippen LogP contribution in [0.25, 0.3) is 0 Å². The van der Waals surface area contributed by atoms with E-state index < -0.39 is 5.91 Å². The fourth-order valence-electron chi connectivity index (χ4n) is 2.40. The summed E-state index contributed by atoms with van der Waals surface area (Å²) in [4.78, 5) is 28.9. The van der Waals surface area contributed by atoms with Crippen molar-refractivity contribution in [3.63, 3.8) is 0 Å². The van der Waals surface area contributed by atoms with Crippen LogP contribution in [0.4, 0.5) is 11.4 Å². The van der Waals surface area contributed by atoms with E-state index in [1.807, 2.05) is 0 Å². The molecule has 3 aromatic rings. The number of nitrogens with one attached hydrogen (secondary N) is 2. The number of ether oxygens (including phenoxy) is 1. The van der Waals surface area contributed by atoms with Crippen LogP contribution in [0.3, 0.4) is 0 Å². The molecule has 0 aliphatic heterocycles. The van der Waals surface area contributed by atoms with Crippen molar-refractivity contribution in [1.82, 2.24) is 4.98 Å². The SMILES string of the molecule is COc1ccccc1NC(=O)c1cc(C(=O)Nc2cccc(Cl)c2)ccn1. The summed E-state index contributed by atoms with van der Waals surface area (Å²) in [5.41, 5.74) is 1.49.